The molecule has 9 nitrogen and oxygen atoms in total. The number of rotatable bonds is 11. The number of carbonyl (C=O) groups is 4. The third-order valence-corrected chi connectivity index (χ3v) is 3.88. The van der Waals surface area contributed by atoms with E-state index in [2.05, 4.69) is 16.0 Å². The van der Waals surface area contributed by atoms with Crippen molar-refractivity contribution >= 4 is 23.7 Å². The number of nitrogens with two attached hydrogens (primary N) is 1. The molecule has 0 aromatic carbocycles. The van der Waals surface area contributed by atoms with E-state index in [0.717, 1.165) is 0 Å². The fourth-order valence-corrected chi connectivity index (χ4v) is 2.38. The van der Waals surface area contributed by atoms with Crippen LogP contribution in [-0.4, -0.2) is 53.0 Å². The molecule has 0 saturated heterocycles. The Morgan fingerprint density at radius 1 is 0.741 bits per heavy atom. The van der Waals surface area contributed by atoms with Gasteiger partial charge in [0.25, 0.3) is 0 Å². The number of hydrogen-bond acceptors (Lipinski definition) is 5. The molecule has 156 valence electrons. The monoisotopic (exact) mass is 386 g/mol. The number of carbonyl (C=O) groups excluding carboxylic acids is 3. The average Bonchev–Trinajstić information content (AvgIpc) is 2.52. The smallest absolute Gasteiger partial charge is 0.325 e. The fourth-order valence-electron chi connectivity index (χ4n) is 2.38. The SMILES string of the molecule is CC(C)C[C@H](NC(=O)[C@H](C)NC(=O)[C@@H](N)CC(C)C)C(=O)N[C@@H](C)C(=O)O. The number of carboxylic acids is 1. The second-order valence-electron chi connectivity index (χ2n) is 7.73. The standard InChI is InChI=1S/C18H34N4O5/c1-9(2)7-13(19)16(24)20-11(5)15(23)22-14(8-10(3)4)17(25)21-12(6)18(26)27/h9-14H,7-8,19H2,1-6H3,(H,20,24)(H,21,25)(H,22,23)(H,26,27)/t11-,12-,13-,14-/m0/s1. The topological polar surface area (TPSA) is 151 Å². The van der Waals surface area contributed by atoms with Gasteiger partial charge in [-0.3, -0.25) is 19.2 Å². The van der Waals surface area contributed by atoms with Crippen molar-refractivity contribution in [1.29, 1.82) is 0 Å². The summed E-state index contributed by atoms with van der Waals surface area (Å²) in [6, 6.07) is -3.57. The van der Waals surface area contributed by atoms with Gasteiger partial charge < -0.3 is 26.8 Å². The van der Waals surface area contributed by atoms with Crippen molar-refractivity contribution in [1.82, 2.24) is 16.0 Å². The molecule has 0 aliphatic heterocycles. The molecule has 0 radical (unpaired) electrons. The molecule has 0 aromatic heterocycles. The van der Waals surface area contributed by atoms with Gasteiger partial charge in [0.15, 0.2) is 0 Å². The molecule has 4 atom stereocenters. The highest BCUT2D eigenvalue weighted by Crippen LogP contribution is 2.07. The van der Waals surface area contributed by atoms with Crippen LogP contribution >= 0.6 is 0 Å². The Labute approximate surface area is 160 Å². The number of amides is 3. The molecule has 0 spiro atoms. The quantitative estimate of drug-likeness (QED) is 0.337. The maximum Gasteiger partial charge on any atom is 0.325 e. The van der Waals surface area contributed by atoms with Crippen LogP contribution in [0.5, 0.6) is 0 Å². The minimum Gasteiger partial charge on any atom is -0.480 e. The highest BCUT2D eigenvalue weighted by atomic mass is 16.4. The normalized spacial score (nSPS) is 15.6. The number of hydrogen-bond donors (Lipinski definition) is 5. The minimum absolute atomic E-state index is 0.0885. The van der Waals surface area contributed by atoms with E-state index in [1.165, 1.54) is 13.8 Å². The molecule has 3 amide bonds. The van der Waals surface area contributed by atoms with Gasteiger partial charge in [-0.25, -0.2) is 0 Å². The molecule has 9 heteroatoms. The van der Waals surface area contributed by atoms with Crippen LogP contribution in [-0.2, 0) is 19.2 Å². The van der Waals surface area contributed by atoms with E-state index in [4.69, 9.17) is 10.8 Å². The van der Waals surface area contributed by atoms with Gasteiger partial charge in [0, 0.05) is 0 Å². The molecule has 0 heterocycles. The Kier molecular flexibility index (Phi) is 10.6. The number of aliphatic carboxylic acids is 1. The Bertz CT molecular complexity index is 536. The van der Waals surface area contributed by atoms with Gasteiger partial charge in [-0.2, -0.15) is 0 Å². The largest absolute Gasteiger partial charge is 0.480 e. The predicted octanol–water partition coefficient (Wildman–Crippen LogP) is -0.0153. The average molecular weight is 386 g/mol. The van der Waals surface area contributed by atoms with Crippen LogP contribution in [0.2, 0.25) is 0 Å². The Morgan fingerprint density at radius 3 is 1.67 bits per heavy atom. The summed E-state index contributed by atoms with van der Waals surface area (Å²) in [7, 11) is 0. The predicted molar refractivity (Wildman–Crippen MR) is 102 cm³/mol. The highest BCUT2D eigenvalue weighted by molar-refractivity contribution is 5.93. The lowest BCUT2D eigenvalue weighted by molar-refractivity contribution is -0.141. The Balaban J connectivity index is 4.89. The molecule has 0 fully saturated rings. The molecule has 0 bridgehead atoms. The summed E-state index contributed by atoms with van der Waals surface area (Å²) in [5.74, 6) is -2.39. The van der Waals surface area contributed by atoms with Crippen LogP contribution in [0.4, 0.5) is 0 Å². The number of carboxylic acid groups (broad SMARTS) is 1. The maximum atomic E-state index is 12.4. The van der Waals surface area contributed by atoms with Gasteiger partial charge >= 0.3 is 5.97 Å². The zero-order valence-electron chi connectivity index (χ0n) is 17.0. The van der Waals surface area contributed by atoms with Crippen LogP contribution in [0.3, 0.4) is 0 Å². The first-order chi connectivity index (χ1) is 12.3. The van der Waals surface area contributed by atoms with E-state index in [1.54, 1.807) is 0 Å². The van der Waals surface area contributed by atoms with Gasteiger partial charge in [-0.05, 0) is 38.5 Å². The van der Waals surface area contributed by atoms with Crippen molar-refractivity contribution < 1.29 is 24.3 Å². The summed E-state index contributed by atoms with van der Waals surface area (Å²) < 4.78 is 0. The Morgan fingerprint density at radius 2 is 1.22 bits per heavy atom. The minimum atomic E-state index is -1.17. The van der Waals surface area contributed by atoms with Gasteiger partial charge in [-0.15, -0.1) is 0 Å². The summed E-state index contributed by atoms with van der Waals surface area (Å²) in [6.07, 6.45) is 0.822. The third-order valence-electron chi connectivity index (χ3n) is 3.88. The zero-order valence-corrected chi connectivity index (χ0v) is 17.0. The van der Waals surface area contributed by atoms with E-state index < -0.39 is 47.9 Å². The molecule has 27 heavy (non-hydrogen) atoms. The molecule has 0 aliphatic carbocycles. The van der Waals surface area contributed by atoms with Gasteiger partial charge in [0.1, 0.15) is 18.1 Å². The van der Waals surface area contributed by atoms with Gasteiger partial charge in [-0.1, -0.05) is 27.7 Å². The molecule has 0 unspecified atom stereocenters. The lowest BCUT2D eigenvalue weighted by Gasteiger charge is -2.24. The second kappa shape index (κ2) is 11.5. The van der Waals surface area contributed by atoms with Gasteiger partial charge in [0.2, 0.25) is 17.7 Å². The summed E-state index contributed by atoms with van der Waals surface area (Å²) >= 11 is 0. The van der Waals surface area contributed by atoms with Crippen molar-refractivity contribution in [2.75, 3.05) is 0 Å². The lowest BCUT2D eigenvalue weighted by atomic mass is 10.0. The highest BCUT2D eigenvalue weighted by Gasteiger charge is 2.28. The van der Waals surface area contributed by atoms with Crippen LogP contribution in [0, 0.1) is 11.8 Å². The molecule has 0 aliphatic rings. The van der Waals surface area contributed by atoms with Crippen molar-refractivity contribution in [2.24, 2.45) is 17.6 Å². The lowest BCUT2D eigenvalue weighted by Crippen LogP contribution is -2.56. The summed E-state index contributed by atoms with van der Waals surface area (Å²) in [5.41, 5.74) is 5.80. The van der Waals surface area contributed by atoms with Crippen LogP contribution in [0.15, 0.2) is 0 Å². The molecule has 0 aromatic rings. The Hall–Kier alpha value is -2.16. The summed E-state index contributed by atoms with van der Waals surface area (Å²) in [5, 5.41) is 16.4. The van der Waals surface area contributed by atoms with Crippen LogP contribution < -0.4 is 21.7 Å². The van der Waals surface area contributed by atoms with E-state index in [0.29, 0.717) is 12.8 Å². The second-order valence-corrected chi connectivity index (χ2v) is 7.73. The number of nitrogens with one attached hydrogen (secondary N) is 3. The maximum absolute atomic E-state index is 12.4. The summed E-state index contributed by atoms with van der Waals surface area (Å²) in [6.45, 7) is 10.5. The van der Waals surface area contributed by atoms with Crippen LogP contribution in [0.1, 0.15) is 54.4 Å². The van der Waals surface area contributed by atoms with Crippen molar-refractivity contribution in [3.63, 3.8) is 0 Å². The molecule has 0 saturated carbocycles. The van der Waals surface area contributed by atoms with E-state index in [-0.39, 0.29) is 11.8 Å². The molecule has 6 N–H and O–H groups in total. The van der Waals surface area contributed by atoms with Crippen molar-refractivity contribution in [3.05, 3.63) is 0 Å². The van der Waals surface area contributed by atoms with Gasteiger partial charge in [0.05, 0.1) is 6.04 Å². The first-order valence-electron chi connectivity index (χ1n) is 9.24. The molecular formula is C18H34N4O5. The fraction of sp³-hybridized carbons (Fsp3) is 0.778. The van der Waals surface area contributed by atoms with Crippen LogP contribution in [0.25, 0.3) is 0 Å². The van der Waals surface area contributed by atoms with E-state index in [9.17, 15) is 19.2 Å². The first-order valence-corrected chi connectivity index (χ1v) is 9.24. The third kappa shape index (κ3) is 9.93. The first kappa shape index (κ1) is 24.8. The van der Waals surface area contributed by atoms with E-state index >= 15 is 0 Å². The molecule has 0 rings (SSSR count). The summed E-state index contributed by atoms with van der Waals surface area (Å²) in [4.78, 5) is 47.6. The molecular weight excluding hydrogens is 352 g/mol. The van der Waals surface area contributed by atoms with Crippen molar-refractivity contribution in [3.8, 4) is 0 Å². The zero-order chi connectivity index (χ0) is 21.3. The van der Waals surface area contributed by atoms with Crippen molar-refractivity contribution in [2.45, 2.75) is 78.6 Å². The van der Waals surface area contributed by atoms with E-state index in [1.807, 2.05) is 27.7 Å².